The molecule has 18 atom stereocenters. The second-order valence-electron chi connectivity index (χ2n) is 20.7. The molecule has 2 unspecified atom stereocenters. The van der Waals surface area contributed by atoms with Gasteiger partial charge in [0, 0.05) is 45.3 Å². The molecule has 0 aliphatic carbocycles. The van der Waals surface area contributed by atoms with E-state index in [9.17, 15) is 34.2 Å². The summed E-state index contributed by atoms with van der Waals surface area (Å²) in [6, 6.07) is 16.7. The molecule has 72 heavy (non-hydrogen) atoms. The van der Waals surface area contributed by atoms with E-state index in [1.165, 1.54) is 21.1 Å². The van der Waals surface area contributed by atoms with Crippen LogP contribution in [0.5, 0.6) is 0 Å². The van der Waals surface area contributed by atoms with Crippen molar-refractivity contribution in [2.75, 3.05) is 34.9 Å². The van der Waals surface area contributed by atoms with Crippen molar-refractivity contribution in [1.82, 2.24) is 4.90 Å². The Morgan fingerprint density at radius 2 is 1.32 bits per heavy atom. The van der Waals surface area contributed by atoms with Gasteiger partial charge in [-0.25, -0.2) is 9.59 Å². The number of ether oxygens (including phenoxy) is 10. The van der Waals surface area contributed by atoms with Crippen LogP contribution < -0.4 is 0 Å². The van der Waals surface area contributed by atoms with Gasteiger partial charge >= 0.3 is 23.9 Å². The normalized spacial score (nSPS) is 38.3. The number of likely N-dealkylation sites (N-methyl/N-ethyl adjacent to an activating group) is 1. The SMILES string of the molecule is CC[C@H]1OC(=O)[C@H](C)[C@@H](OC2C[C@@](C)(OC)[C@@H](OC(=O)c3ccccc3)[C@H](C)O2)[C@H](C)[C@@H](OC2O[C@H](C)C[C@H](N(C)C)[C@H]2OC(=O)c2ccccc2)[C@@](C)(OC)C[C@@H](C)C(=O)[C@H](C)[C@@H](O)[C@@]1(O)COC(C)=O. The Kier molecular flexibility index (Phi) is 20.1. The Hall–Kier alpha value is -4.37. The summed E-state index contributed by atoms with van der Waals surface area (Å²) in [6.07, 6.45) is -10.9. The fourth-order valence-corrected chi connectivity index (χ4v) is 10.7. The van der Waals surface area contributed by atoms with Crippen LogP contribution in [0, 0.1) is 23.7 Å². The average molecular weight is 1010 g/mol. The molecule has 5 rings (SSSR count). The van der Waals surface area contributed by atoms with Crippen molar-refractivity contribution in [3.05, 3.63) is 71.8 Å². The summed E-state index contributed by atoms with van der Waals surface area (Å²) in [5.41, 5.74) is -4.42. The van der Waals surface area contributed by atoms with Gasteiger partial charge in [0.15, 0.2) is 30.4 Å². The zero-order valence-corrected chi connectivity index (χ0v) is 44.4. The predicted octanol–water partition coefficient (Wildman–Crippen LogP) is 5.71. The van der Waals surface area contributed by atoms with Crippen molar-refractivity contribution in [3.63, 3.8) is 0 Å². The third-order valence-electron chi connectivity index (χ3n) is 15.0. The number of carbonyl (C=O) groups excluding carboxylic acids is 5. The molecule has 3 saturated heterocycles. The van der Waals surface area contributed by atoms with Crippen LogP contribution in [0.1, 0.15) is 116 Å². The largest absolute Gasteiger partial charge is 0.463 e. The Bertz CT molecular complexity index is 2130. The van der Waals surface area contributed by atoms with Gasteiger partial charge in [0.05, 0.1) is 59.2 Å². The highest BCUT2D eigenvalue weighted by molar-refractivity contribution is 5.90. The minimum atomic E-state index is -2.44. The molecule has 3 fully saturated rings. The van der Waals surface area contributed by atoms with E-state index in [1.807, 2.05) is 25.9 Å². The monoisotopic (exact) mass is 1010 g/mol. The first kappa shape index (κ1) is 58.5. The van der Waals surface area contributed by atoms with Crippen molar-refractivity contribution in [2.45, 2.75) is 179 Å². The van der Waals surface area contributed by atoms with Crippen LogP contribution >= 0.6 is 0 Å². The van der Waals surface area contributed by atoms with Crippen molar-refractivity contribution in [3.8, 4) is 0 Å². The number of benzene rings is 2. The van der Waals surface area contributed by atoms with Crippen molar-refractivity contribution < 1.29 is 81.6 Å². The lowest BCUT2D eigenvalue weighted by atomic mass is 9.73. The third-order valence-corrected chi connectivity index (χ3v) is 15.0. The molecule has 0 radical (unpaired) electrons. The summed E-state index contributed by atoms with van der Waals surface area (Å²) in [4.78, 5) is 70.9. The number of rotatable bonds is 14. The molecule has 3 aliphatic heterocycles. The number of cyclic esters (lactones) is 1. The first-order chi connectivity index (χ1) is 33.8. The van der Waals surface area contributed by atoms with Gasteiger partial charge in [0.2, 0.25) is 0 Å². The molecule has 0 bridgehead atoms. The molecule has 2 N–H and O–H groups in total. The van der Waals surface area contributed by atoms with Crippen LogP contribution in [-0.4, -0.2) is 164 Å². The zero-order valence-electron chi connectivity index (χ0n) is 44.4. The average Bonchev–Trinajstić information content (AvgIpc) is 3.36. The van der Waals surface area contributed by atoms with Gasteiger partial charge in [-0.1, -0.05) is 64.1 Å². The molecule has 402 valence electrons. The van der Waals surface area contributed by atoms with E-state index in [0.29, 0.717) is 17.5 Å². The van der Waals surface area contributed by atoms with E-state index in [1.54, 1.807) is 109 Å². The minimum absolute atomic E-state index is 0.000745. The fourth-order valence-electron chi connectivity index (χ4n) is 10.7. The summed E-state index contributed by atoms with van der Waals surface area (Å²) in [5, 5.41) is 24.3. The van der Waals surface area contributed by atoms with Crippen molar-refractivity contribution >= 4 is 29.7 Å². The standard InChI is InChI=1S/C54H79NO17/c1-15-40-54(62,29-65-36(8)56)45(58)32(4)42(57)30(2)27-52(9,63-13)46(72-51-44(39(55(11)12)26-31(3)66-51)70-49(60)37-22-18-16-19-23-37)33(5)43(34(6)48(59)68-40)69-41-28-53(10,64-14)47(35(7)67-41)71-50(61)38-24-20-17-21-25-38/h16-25,30-35,39-41,43-47,51,58,62H,15,26-29H2,1-14H3/t30-,31-,32+,33+,34-,35+,39+,40-,41?,43+,44-,45-,46-,47+,51?,52+,53-,54-/m1/s1. The number of hydrogen-bond donors (Lipinski definition) is 2. The molecular formula is C54H79NO17. The number of esters is 4. The molecule has 0 saturated carbocycles. The van der Waals surface area contributed by atoms with Gasteiger partial charge in [-0.3, -0.25) is 14.4 Å². The Balaban J connectivity index is 1.65. The molecule has 18 nitrogen and oxygen atoms in total. The van der Waals surface area contributed by atoms with Crippen molar-refractivity contribution in [1.29, 1.82) is 0 Å². The molecule has 3 heterocycles. The lowest BCUT2D eigenvalue weighted by Gasteiger charge is -2.50. The van der Waals surface area contributed by atoms with Gasteiger partial charge in [-0.2, -0.15) is 0 Å². The number of carbonyl (C=O) groups is 5. The molecule has 18 heteroatoms. The van der Waals surface area contributed by atoms with E-state index in [0.717, 1.165) is 6.92 Å². The number of ketones is 1. The molecule has 0 aromatic heterocycles. The summed E-state index contributed by atoms with van der Waals surface area (Å²) >= 11 is 0. The Morgan fingerprint density at radius 1 is 0.764 bits per heavy atom. The quantitative estimate of drug-likeness (QED) is 0.171. The highest BCUT2D eigenvalue weighted by Gasteiger charge is 2.56. The van der Waals surface area contributed by atoms with Gasteiger partial charge in [-0.05, 0) is 92.2 Å². The number of nitrogens with zero attached hydrogens (tertiary/aromatic N) is 1. The second kappa shape index (κ2) is 24.8. The number of methoxy groups -OCH3 is 2. The van der Waals surface area contributed by atoms with Gasteiger partial charge in [0.1, 0.15) is 24.1 Å². The van der Waals surface area contributed by atoms with Crippen LogP contribution in [0.25, 0.3) is 0 Å². The Morgan fingerprint density at radius 3 is 1.85 bits per heavy atom. The van der Waals surface area contributed by atoms with E-state index >= 15 is 0 Å². The lowest BCUT2D eigenvalue weighted by Crippen LogP contribution is -2.63. The lowest BCUT2D eigenvalue weighted by molar-refractivity contribution is -0.318. The molecule has 0 spiro atoms. The maximum Gasteiger partial charge on any atom is 0.338 e. The van der Waals surface area contributed by atoms with Crippen LogP contribution in [0.2, 0.25) is 0 Å². The maximum atomic E-state index is 14.9. The Labute approximate surface area is 424 Å². The van der Waals surface area contributed by atoms with Gasteiger partial charge < -0.3 is 62.5 Å². The van der Waals surface area contributed by atoms with E-state index in [-0.39, 0.29) is 19.3 Å². The molecular weight excluding hydrogens is 935 g/mol. The highest BCUT2D eigenvalue weighted by Crippen LogP contribution is 2.43. The fraction of sp³-hybridized carbons (Fsp3) is 0.685. The highest BCUT2D eigenvalue weighted by atomic mass is 16.7. The number of aliphatic hydroxyl groups is 2. The topological polar surface area (TPSA) is 221 Å². The van der Waals surface area contributed by atoms with Crippen LogP contribution in [0.15, 0.2) is 60.7 Å². The third kappa shape index (κ3) is 13.3. The van der Waals surface area contributed by atoms with Crippen LogP contribution in [0.3, 0.4) is 0 Å². The first-order valence-corrected chi connectivity index (χ1v) is 25.0. The van der Waals surface area contributed by atoms with E-state index < -0.39 is 144 Å². The smallest absolute Gasteiger partial charge is 0.338 e. The van der Waals surface area contributed by atoms with Gasteiger partial charge in [-0.15, -0.1) is 0 Å². The van der Waals surface area contributed by atoms with Crippen LogP contribution in [0.4, 0.5) is 0 Å². The second-order valence-corrected chi connectivity index (χ2v) is 20.7. The molecule has 2 aromatic carbocycles. The summed E-state index contributed by atoms with van der Waals surface area (Å²) in [5.74, 6) is -7.59. The summed E-state index contributed by atoms with van der Waals surface area (Å²) in [6.45, 7) is 15.6. The minimum Gasteiger partial charge on any atom is -0.463 e. The van der Waals surface area contributed by atoms with Gasteiger partial charge in [0.25, 0.3) is 0 Å². The molecule has 0 amide bonds. The molecule has 2 aromatic rings. The maximum absolute atomic E-state index is 14.9. The summed E-state index contributed by atoms with van der Waals surface area (Å²) in [7, 11) is 6.69. The predicted molar refractivity (Wildman–Crippen MR) is 261 cm³/mol. The zero-order chi connectivity index (χ0) is 53.5. The van der Waals surface area contributed by atoms with Crippen molar-refractivity contribution in [2.24, 2.45) is 23.7 Å². The molecule has 3 aliphatic rings. The number of hydrogen-bond acceptors (Lipinski definition) is 18. The van der Waals surface area contributed by atoms with Crippen LogP contribution in [-0.2, 0) is 61.8 Å². The van der Waals surface area contributed by atoms with E-state index in [2.05, 4.69) is 0 Å². The summed E-state index contributed by atoms with van der Waals surface area (Å²) < 4.78 is 63.6. The van der Waals surface area contributed by atoms with E-state index in [4.69, 9.17) is 47.4 Å². The number of aliphatic hydroxyl groups excluding tert-OH is 1. The first-order valence-electron chi connectivity index (χ1n) is 25.0. The number of Topliss-reactive ketones (excluding diaryl/α,β-unsaturated/α-hetero) is 1.